The maximum atomic E-state index is 12.1. The molecule has 0 radical (unpaired) electrons. The molecule has 1 atom stereocenters. The summed E-state index contributed by atoms with van der Waals surface area (Å²) >= 11 is 0. The molecule has 0 saturated carbocycles. The molecule has 21 heavy (non-hydrogen) atoms. The second-order valence-corrected chi connectivity index (χ2v) is 4.73. The molecule has 1 N–H and O–H groups in total. The van der Waals surface area contributed by atoms with Gasteiger partial charge in [0.05, 0.1) is 6.10 Å². The summed E-state index contributed by atoms with van der Waals surface area (Å²) in [5, 5.41) is 9.72. The summed E-state index contributed by atoms with van der Waals surface area (Å²) < 4.78 is 41.8. The molecule has 0 aliphatic carbocycles. The lowest BCUT2D eigenvalue weighted by atomic mass is 10.1. The zero-order chi connectivity index (χ0) is 15.5. The standard InChI is InChI=1S/C15H16F3NO2/c1-2-14(20)12-7-8-19(10-12)9-11-3-5-13(6-4-11)21-15(16,17)18/h3-8,10,14,20H,2,9H2,1H3. The van der Waals surface area contributed by atoms with E-state index in [2.05, 4.69) is 4.74 Å². The average Bonchev–Trinajstić information content (AvgIpc) is 2.87. The summed E-state index contributed by atoms with van der Waals surface area (Å²) in [6.45, 7) is 2.41. The Balaban J connectivity index is 2.01. The van der Waals surface area contributed by atoms with Crippen molar-refractivity contribution in [2.75, 3.05) is 0 Å². The number of aromatic nitrogens is 1. The first-order valence-corrected chi connectivity index (χ1v) is 6.56. The van der Waals surface area contributed by atoms with E-state index in [4.69, 9.17) is 0 Å². The fourth-order valence-corrected chi connectivity index (χ4v) is 2.00. The van der Waals surface area contributed by atoms with Crippen molar-refractivity contribution in [2.45, 2.75) is 32.4 Å². The highest BCUT2D eigenvalue weighted by molar-refractivity contribution is 5.28. The predicted molar refractivity (Wildman–Crippen MR) is 71.9 cm³/mol. The van der Waals surface area contributed by atoms with Crippen LogP contribution in [0.2, 0.25) is 0 Å². The zero-order valence-electron chi connectivity index (χ0n) is 11.5. The Labute approximate surface area is 120 Å². The number of alkyl halides is 3. The molecule has 6 heteroatoms. The van der Waals surface area contributed by atoms with E-state index in [9.17, 15) is 18.3 Å². The van der Waals surface area contributed by atoms with Gasteiger partial charge in [-0.3, -0.25) is 0 Å². The van der Waals surface area contributed by atoms with Crippen molar-refractivity contribution in [3.8, 4) is 5.75 Å². The Morgan fingerprint density at radius 3 is 2.43 bits per heavy atom. The summed E-state index contributed by atoms with van der Waals surface area (Å²) in [6.07, 6.45) is -0.877. The largest absolute Gasteiger partial charge is 0.573 e. The third kappa shape index (κ3) is 4.53. The molecule has 1 heterocycles. The predicted octanol–water partition coefficient (Wildman–Crippen LogP) is 3.88. The van der Waals surface area contributed by atoms with Gasteiger partial charge in [0.25, 0.3) is 0 Å². The highest BCUT2D eigenvalue weighted by Crippen LogP contribution is 2.23. The summed E-state index contributed by atoms with van der Waals surface area (Å²) in [5.41, 5.74) is 1.67. The van der Waals surface area contributed by atoms with E-state index in [0.717, 1.165) is 11.1 Å². The maximum Gasteiger partial charge on any atom is 0.573 e. The molecule has 0 aliphatic rings. The van der Waals surface area contributed by atoms with Crippen LogP contribution in [0.25, 0.3) is 0 Å². The van der Waals surface area contributed by atoms with Crippen LogP contribution in [0.5, 0.6) is 5.75 Å². The molecule has 0 spiro atoms. The molecular formula is C15H16F3NO2. The van der Waals surface area contributed by atoms with E-state index in [1.807, 2.05) is 30.0 Å². The van der Waals surface area contributed by atoms with Gasteiger partial charge in [0.1, 0.15) is 5.75 Å². The number of halogens is 3. The molecule has 0 aliphatic heterocycles. The van der Waals surface area contributed by atoms with Gasteiger partial charge in [-0.2, -0.15) is 0 Å². The minimum Gasteiger partial charge on any atom is -0.406 e. The highest BCUT2D eigenvalue weighted by Gasteiger charge is 2.30. The number of aliphatic hydroxyl groups excluding tert-OH is 1. The summed E-state index contributed by atoms with van der Waals surface area (Å²) in [4.78, 5) is 0. The Morgan fingerprint density at radius 2 is 1.86 bits per heavy atom. The number of aliphatic hydroxyl groups is 1. The Morgan fingerprint density at radius 1 is 1.19 bits per heavy atom. The van der Waals surface area contributed by atoms with Gasteiger partial charge in [-0.05, 0) is 35.7 Å². The first-order chi connectivity index (χ1) is 9.87. The topological polar surface area (TPSA) is 34.4 Å². The quantitative estimate of drug-likeness (QED) is 0.909. The molecule has 2 aromatic rings. The average molecular weight is 299 g/mol. The third-order valence-electron chi connectivity index (χ3n) is 3.07. The second kappa shape index (κ2) is 6.22. The minimum atomic E-state index is -4.67. The van der Waals surface area contributed by atoms with Gasteiger partial charge in [0.15, 0.2) is 0 Å². The van der Waals surface area contributed by atoms with Crippen LogP contribution in [0.4, 0.5) is 13.2 Å². The van der Waals surface area contributed by atoms with Gasteiger partial charge >= 0.3 is 6.36 Å². The Kier molecular flexibility index (Phi) is 4.57. The molecule has 1 aromatic carbocycles. The normalized spacial score (nSPS) is 13.2. The van der Waals surface area contributed by atoms with Crippen LogP contribution in [0.3, 0.4) is 0 Å². The monoisotopic (exact) mass is 299 g/mol. The van der Waals surface area contributed by atoms with E-state index < -0.39 is 12.5 Å². The smallest absolute Gasteiger partial charge is 0.406 e. The van der Waals surface area contributed by atoms with E-state index in [1.54, 1.807) is 12.1 Å². The van der Waals surface area contributed by atoms with Crippen molar-refractivity contribution in [1.82, 2.24) is 4.57 Å². The van der Waals surface area contributed by atoms with Crippen LogP contribution in [-0.2, 0) is 6.54 Å². The molecular weight excluding hydrogens is 283 g/mol. The first-order valence-electron chi connectivity index (χ1n) is 6.56. The van der Waals surface area contributed by atoms with Gasteiger partial charge in [-0.1, -0.05) is 19.1 Å². The lowest BCUT2D eigenvalue weighted by Gasteiger charge is -2.09. The fraction of sp³-hybridized carbons (Fsp3) is 0.333. The molecule has 0 saturated heterocycles. The molecule has 114 valence electrons. The lowest BCUT2D eigenvalue weighted by Crippen LogP contribution is -2.17. The van der Waals surface area contributed by atoms with Crippen molar-refractivity contribution in [3.63, 3.8) is 0 Å². The second-order valence-electron chi connectivity index (χ2n) is 4.73. The molecule has 3 nitrogen and oxygen atoms in total. The molecule has 1 aromatic heterocycles. The van der Waals surface area contributed by atoms with Gasteiger partial charge in [-0.15, -0.1) is 13.2 Å². The lowest BCUT2D eigenvalue weighted by molar-refractivity contribution is -0.274. The summed E-state index contributed by atoms with van der Waals surface area (Å²) in [6, 6.07) is 7.56. The van der Waals surface area contributed by atoms with Crippen molar-refractivity contribution >= 4 is 0 Å². The molecule has 0 amide bonds. The Hall–Kier alpha value is -1.95. The van der Waals surface area contributed by atoms with Crippen LogP contribution in [0, 0.1) is 0 Å². The molecule has 0 bridgehead atoms. The molecule has 0 fully saturated rings. The third-order valence-corrected chi connectivity index (χ3v) is 3.07. The van der Waals surface area contributed by atoms with Gasteiger partial charge in [-0.25, -0.2) is 0 Å². The van der Waals surface area contributed by atoms with E-state index in [-0.39, 0.29) is 5.75 Å². The van der Waals surface area contributed by atoms with Gasteiger partial charge in [0.2, 0.25) is 0 Å². The molecule has 2 rings (SSSR count). The number of benzene rings is 1. The van der Waals surface area contributed by atoms with Crippen LogP contribution in [0.1, 0.15) is 30.6 Å². The van der Waals surface area contributed by atoms with Gasteiger partial charge in [0, 0.05) is 18.9 Å². The van der Waals surface area contributed by atoms with Crippen molar-refractivity contribution in [2.24, 2.45) is 0 Å². The SMILES string of the molecule is CCC(O)c1ccn(Cc2ccc(OC(F)(F)F)cc2)c1. The highest BCUT2D eigenvalue weighted by atomic mass is 19.4. The number of ether oxygens (including phenoxy) is 1. The molecule has 1 unspecified atom stereocenters. The van der Waals surface area contributed by atoms with Crippen LogP contribution in [0.15, 0.2) is 42.7 Å². The number of rotatable bonds is 5. The first kappa shape index (κ1) is 15.4. The number of hydrogen-bond donors (Lipinski definition) is 1. The van der Waals surface area contributed by atoms with Crippen molar-refractivity contribution in [1.29, 1.82) is 0 Å². The van der Waals surface area contributed by atoms with Crippen LogP contribution < -0.4 is 4.74 Å². The van der Waals surface area contributed by atoms with Crippen molar-refractivity contribution < 1.29 is 23.0 Å². The summed E-state index contributed by atoms with van der Waals surface area (Å²) in [5.74, 6) is -0.235. The maximum absolute atomic E-state index is 12.1. The van der Waals surface area contributed by atoms with Crippen molar-refractivity contribution in [3.05, 3.63) is 53.9 Å². The Bertz CT molecular complexity index is 575. The van der Waals surface area contributed by atoms with E-state index >= 15 is 0 Å². The van der Waals surface area contributed by atoms with Crippen LogP contribution >= 0.6 is 0 Å². The summed E-state index contributed by atoms with van der Waals surface area (Å²) in [7, 11) is 0. The number of hydrogen-bond acceptors (Lipinski definition) is 2. The minimum absolute atomic E-state index is 0.235. The van der Waals surface area contributed by atoms with E-state index in [0.29, 0.717) is 13.0 Å². The van der Waals surface area contributed by atoms with Gasteiger partial charge < -0.3 is 14.4 Å². The fourth-order valence-electron chi connectivity index (χ4n) is 2.00. The van der Waals surface area contributed by atoms with Crippen LogP contribution in [-0.4, -0.2) is 16.0 Å². The van der Waals surface area contributed by atoms with E-state index in [1.165, 1.54) is 12.1 Å². The zero-order valence-corrected chi connectivity index (χ0v) is 11.5. The number of nitrogens with zero attached hydrogens (tertiary/aromatic N) is 1.